The summed E-state index contributed by atoms with van der Waals surface area (Å²) in [6.45, 7) is 9.15. The van der Waals surface area contributed by atoms with Crippen molar-refractivity contribution >= 4 is 5.91 Å². The summed E-state index contributed by atoms with van der Waals surface area (Å²) in [5.74, 6) is 0.772. The molecule has 1 amide bonds. The average Bonchev–Trinajstić information content (AvgIpc) is 2.82. The number of amides is 1. The summed E-state index contributed by atoms with van der Waals surface area (Å²) in [6.07, 6.45) is 3.24. The Morgan fingerprint density at radius 3 is 2.65 bits per heavy atom. The number of nitrogens with zero attached hydrogens (tertiary/aromatic N) is 3. The second-order valence-corrected chi connectivity index (χ2v) is 4.97. The number of nitrogens with one attached hydrogen (secondary N) is 1. The van der Waals surface area contributed by atoms with E-state index in [4.69, 9.17) is 0 Å². The normalized spacial score (nSPS) is 17.7. The maximum atomic E-state index is 12.0. The summed E-state index contributed by atoms with van der Waals surface area (Å²) >= 11 is 0. The van der Waals surface area contributed by atoms with Gasteiger partial charge >= 0.3 is 0 Å². The third-order valence-corrected chi connectivity index (χ3v) is 3.03. The quantitative estimate of drug-likeness (QED) is 0.845. The van der Waals surface area contributed by atoms with Gasteiger partial charge in [0.2, 0.25) is 0 Å². The average molecular weight is 236 g/mol. The molecule has 0 bridgehead atoms. The molecule has 1 fully saturated rings. The lowest BCUT2D eigenvalue weighted by Gasteiger charge is -2.35. The van der Waals surface area contributed by atoms with E-state index in [1.807, 2.05) is 4.90 Å². The highest BCUT2D eigenvalue weighted by Gasteiger charge is 2.22. The second kappa shape index (κ2) is 5.31. The minimum Gasteiger partial charge on any atom is -0.336 e. The van der Waals surface area contributed by atoms with Crippen LogP contribution in [0.4, 0.5) is 0 Å². The molecule has 0 atom stereocenters. The molecule has 0 saturated carbocycles. The number of piperazine rings is 1. The SMILES string of the molecule is CC(C)CN1CCN(C(=O)c2cn[nH]c2)CC1. The second-order valence-electron chi connectivity index (χ2n) is 4.97. The Bertz CT molecular complexity index is 353. The molecule has 1 aliphatic heterocycles. The van der Waals surface area contributed by atoms with Gasteiger partial charge in [-0.25, -0.2) is 0 Å². The van der Waals surface area contributed by atoms with Crippen molar-refractivity contribution in [1.29, 1.82) is 0 Å². The third kappa shape index (κ3) is 3.06. The van der Waals surface area contributed by atoms with E-state index < -0.39 is 0 Å². The molecular weight excluding hydrogens is 216 g/mol. The third-order valence-electron chi connectivity index (χ3n) is 3.03. The van der Waals surface area contributed by atoms with Crippen LogP contribution in [0.3, 0.4) is 0 Å². The fourth-order valence-corrected chi connectivity index (χ4v) is 2.20. The highest BCUT2D eigenvalue weighted by atomic mass is 16.2. The van der Waals surface area contributed by atoms with Crippen molar-refractivity contribution in [2.24, 2.45) is 5.92 Å². The summed E-state index contributed by atoms with van der Waals surface area (Å²) in [5.41, 5.74) is 0.655. The number of carbonyl (C=O) groups is 1. The molecule has 2 rings (SSSR count). The zero-order chi connectivity index (χ0) is 12.3. The van der Waals surface area contributed by atoms with E-state index in [9.17, 15) is 4.79 Å². The summed E-state index contributed by atoms with van der Waals surface area (Å²) < 4.78 is 0. The predicted molar refractivity (Wildman–Crippen MR) is 65.8 cm³/mol. The summed E-state index contributed by atoms with van der Waals surface area (Å²) in [7, 11) is 0. The molecule has 0 spiro atoms. The van der Waals surface area contributed by atoms with Gasteiger partial charge in [0, 0.05) is 38.9 Å². The van der Waals surface area contributed by atoms with Crippen LogP contribution in [0.15, 0.2) is 12.4 Å². The van der Waals surface area contributed by atoms with Crippen molar-refractivity contribution in [1.82, 2.24) is 20.0 Å². The Labute approximate surface area is 102 Å². The highest BCUT2D eigenvalue weighted by molar-refractivity contribution is 5.93. The zero-order valence-electron chi connectivity index (χ0n) is 10.5. The van der Waals surface area contributed by atoms with Crippen LogP contribution in [0.2, 0.25) is 0 Å². The number of hydrogen-bond acceptors (Lipinski definition) is 3. The molecule has 5 heteroatoms. The van der Waals surface area contributed by atoms with Gasteiger partial charge in [0.25, 0.3) is 5.91 Å². The molecule has 1 saturated heterocycles. The van der Waals surface area contributed by atoms with E-state index in [-0.39, 0.29) is 5.91 Å². The fourth-order valence-electron chi connectivity index (χ4n) is 2.20. The van der Waals surface area contributed by atoms with Gasteiger partial charge in [-0.15, -0.1) is 0 Å². The Balaban J connectivity index is 1.85. The van der Waals surface area contributed by atoms with E-state index in [2.05, 4.69) is 28.9 Å². The van der Waals surface area contributed by atoms with Crippen molar-refractivity contribution < 1.29 is 4.79 Å². The van der Waals surface area contributed by atoms with Crippen molar-refractivity contribution in [2.75, 3.05) is 32.7 Å². The van der Waals surface area contributed by atoms with Crippen molar-refractivity contribution in [2.45, 2.75) is 13.8 Å². The molecular formula is C12H20N4O. The van der Waals surface area contributed by atoms with Crippen LogP contribution < -0.4 is 0 Å². The number of hydrogen-bond donors (Lipinski definition) is 1. The number of aromatic amines is 1. The van der Waals surface area contributed by atoms with E-state index in [0.29, 0.717) is 11.5 Å². The van der Waals surface area contributed by atoms with Crippen molar-refractivity contribution in [3.63, 3.8) is 0 Å². The van der Waals surface area contributed by atoms with Gasteiger partial charge in [-0.3, -0.25) is 14.8 Å². The lowest BCUT2D eigenvalue weighted by Crippen LogP contribution is -2.49. The molecule has 0 aliphatic carbocycles. The predicted octanol–water partition coefficient (Wildman–Crippen LogP) is 0.823. The van der Waals surface area contributed by atoms with Gasteiger partial charge in [-0.05, 0) is 5.92 Å². The molecule has 17 heavy (non-hydrogen) atoms. The van der Waals surface area contributed by atoms with Crippen LogP contribution in [-0.4, -0.2) is 58.6 Å². The van der Waals surface area contributed by atoms with Gasteiger partial charge in [-0.2, -0.15) is 5.10 Å². The number of H-pyrrole nitrogens is 1. The molecule has 1 aliphatic rings. The van der Waals surface area contributed by atoms with Crippen LogP contribution in [0.25, 0.3) is 0 Å². The number of carbonyl (C=O) groups excluding carboxylic acids is 1. The standard InChI is InChI=1S/C12H20N4O/c1-10(2)9-15-3-5-16(6-4-15)12(17)11-7-13-14-8-11/h7-8,10H,3-6,9H2,1-2H3,(H,13,14). The first-order chi connectivity index (χ1) is 8.16. The molecule has 1 N–H and O–H groups in total. The summed E-state index contributed by atoms with van der Waals surface area (Å²) in [6, 6.07) is 0. The molecule has 5 nitrogen and oxygen atoms in total. The van der Waals surface area contributed by atoms with Gasteiger partial charge in [0.15, 0.2) is 0 Å². The monoisotopic (exact) mass is 236 g/mol. The van der Waals surface area contributed by atoms with E-state index in [1.54, 1.807) is 12.4 Å². The van der Waals surface area contributed by atoms with Crippen LogP contribution in [0.1, 0.15) is 24.2 Å². The van der Waals surface area contributed by atoms with Gasteiger partial charge in [0.05, 0.1) is 11.8 Å². The first-order valence-electron chi connectivity index (χ1n) is 6.17. The number of rotatable bonds is 3. The molecule has 94 valence electrons. The maximum Gasteiger partial charge on any atom is 0.257 e. The van der Waals surface area contributed by atoms with Crippen LogP contribution in [0, 0.1) is 5.92 Å². The van der Waals surface area contributed by atoms with Crippen molar-refractivity contribution in [3.05, 3.63) is 18.0 Å². The largest absolute Gasteiger partial charge is 0.336 e. The van der Waals surface area contributed by atoms with Crippen molar-refractivity contribution in [3.8, 4) is 0 Å². The summed E-state index contributed by atoms with van der Waals surface area (Å²) in [4.78, 5) is 16.4. The van der Waals surface area contributed by atoms with Crippen LogP contribution >= 0.6 is 0 Å². The minimum atomic E-state index is 0.0861. The lowest BCUT2D eigenvalue weighted by atomic mass is 10.2. The molecule has 1 aromatic rings. The molecule has 2 heterocycles. The van der Waals surface area contributed by atoms with E-state index in [1.165, 1.54) is 0 Å². The Kier molecular flexibility index (Phi) is 3.78. The first-order valence-corrected chi connectivity index (χ1v) is 6.17. The van der Waals surface area contributed by atoms with Gasteiger partial charge in [0.1, 0.15) is 0 Å². The van der Waals surface area contributed by atoms with Gasteiger partial charge < -0.3 is 4.90 Å². The Morgan fingerprint density at radius 1 is 1.41 bits per heavy atom. The van der Waals surface area contributed by atoms with E-state index >= 15 is 0 Å². The smallest absolute Gasteiger partial charge is 0.257 e. The highest BCUT2D eigenvalue weighted by Crippen LogP contribution is 2.08. The summed E-state index contributed by atoms with van der Waals surface area (Å²) in [5, 5.41) is 6.49. The molecule has 0 unspecified atom stereocenters. The minimum absolute atomic E-state index is 0.0861. The maximum absolute atomic E-state index is 12.0. The molecule has 1 aromatic heterocycles. The van der Waals surface area contributed by atoms with E-state index in [0.717, 1.165) is 32.7 Å². The van der Waals surface area contributed by atoms with Crippen LogP contribution in [-0.2, 0) is 0 Å². The fraction of sp³-hybridized carbons (Fsp3) is 0.667. The van der Waals surface area contributed by atoms with Gasteiger partial charge in [-0.1, -0.05) is 13.8 Å². The number of aromatic nitrogens is 2. The first kappa shape index (κ1) is 12.1. The van der Waals surface area contributed by atoms with Crippen LogP contribution in [0.5, 0.6) is 0 Å². The topological polar surface area (TPSA) is 52.2 Å². The Hall–Kier alpha value is -1.36. The molecule has 0 radical (unpaired) electrons. The zero-order valence-corrected chi connectivity index (χ0v) is 10.5. The molecule has 0 aromatic carbocycles. The lowest BCUT2D eigenvalue weighted by molar-refractivity contribution is 0.0624. The Morgan fingerprint density at radius 2 is 2.12 bits per heavy atom.